The number of benzene rings is 2. The van der Waals surface area contributed by atoms with Gasteiger partial charge in [0.2, 0.25) is 5.75 Å². The number of ether oxygens (including phenoxy) is 1. The summed E-state index contributed by atoms with van der Waals surface area (Å²) in [5.74, 6) is 0.569. The lowest BCUT2D eigenvalue weighted by Gasteiger charge is -2.68. The molecule has 1 saturated heterocycles. The molecule has 4 bridgehead atoms. The van der Waals surface area contributed by atoms with Crippen LogP contribution in [0.15, 0.2) is 48.5 Å². The second-order valence-electron chi connectivity index (χ2n) is 9.99. The van der Waals surface area contributed by atoms with Gasteiger partial charge in [0.25, 0.3) is 5.79 Å². The summed E-state index contributed by atoms with van der Waals surface area (Å²) in [6.07, 6.45) is 5.60. The third-order valence-corrected chi connectivity index (χ3v) is 9.03. The van der Waals surface area contributed by atoms with Crippen molar-refractivity contribution in [2.45, 2.75) is 43.5 Å². The van der Waals surface area contributed by atoms with E-state index in [0.29, 0.717) is 17.4 Å². The number of nitro groups is 1. The first-order chi connectivity index (χ1) is 16.8. The Balaban J connectivity index is 1.28. The van der Waals surface area contributed by atoms with Crippen LogP contribution in [0.1, 0.15) is 37.7 Å². The molecule has 7 rings (SSSR count). The summed E-state index contributed by atoms with van der Waals surface area (Å²) in [6, 6.07) is 11.9. The van der Waals surface area contributed by atoms with Crippen molar-refractivity contribution in [1.82, 2.24) is 0 Å². The molecule has 1 spiro atoms. The normalized spacial score (nSPS) is 36.4. The van der Waals surface area contributed by atoms with Gasteiger partial charge < -0.3 is 13.8 Å². The zero-order chi connectivity index (χ0) is 24.4. The predicted octanol–water partition coefficient (Wildman–Crippen LogP) is 5.11. The number of nitro benzene ring substituents is 1. The molecule has 10 nitrogen and oxygen atoms in total. The maximum absolute atomic E-state index is 12.7. The lowest BCUT2D eigenvalue weighted by Crippen LogP contribution is -2.76. The number of methoxy groups -OCH3 is 1. The van der Waals surface area contributed by atoms with Crippen molar-refractivity contribution >= 4 is 13.5 Å². The fourth-order valence-electron chi connectivity index (χ4n) is 7.08. The van der Waals surface area contributed by atoms with E-state index in [1.807, 2.05) is 6.07 Å². The van der Waals surface area contributed by atoms with Crippen molar-refractivity contribution in [3.63, 3.8) is 0 Å². The average molecular weight is 503 g/mol. The summed E-state index contributed by atoms with van der Waals surface area (Å²) in [7, 11) is -3.17. The monoisotopic (exact) mass is 503 g/mol. The van der Waals surface area contributed by atoms with Gasteiger partial charge in [-0.25, -0.2) is 9.45 Å². The molecule has 1 N–H and O–H groups in total. The number of para-hydroxylation sites is 2. The summed E-state index contributed by atoms with van der Waals surface area (Å²) in [5.41, 5.74) is -0.444. The molecule has 35 heavy (non-hydrogen) atoms. The maximum atomic E-state index is 12.7. The van der Waals surface area contributed by atoms with Gasteiger partial charge in [-0.05, 0) is 74.0 Å². The topological polar surface area (TPSA) is 127 Å². The van der Waals surface area contributed by atoms with E-state index < -0.39 is 29.8 Å². The van der Waals surface area contributed by atoms with Crippen molar-refractivity contribution in [1.29, 1.82) is 0 Å². The van der Waals surface area contributed by atoms with E-state index in [4.69, 9.17) is 23.6 Å². The van der Waals surface area contributed by atoms with Crippen LogP contribution >= 0.6 is 7.82 Å². The highest BCUT2D eigenvalue weighted by molar-refractivity contribution is 7.48. The van der Waals surface area contributed by atoms with Crippen molar-refractivity contribution < 1.29 is 37.9 Å². The molecule has 2 atom stereocenters. The Kier molecular flexibility index (Phi) is 5.25. The molecule has 0 amide bonds. The van der Waals surface area contributed by atoms with Gasteiger partial charge in [-0.3, -0.25) is 15.0 Å². The van der Waals surface area contributed by atoms with Gasteiger partial charge in [0.15, 0.2) is 5.60 Å². The van der Waals surface area contributed by atoms with E-state index in [1.165, 1.54) is 36.8 Å². The minimum atomic E-state index is -4.75. The first-order valence-electron chi connectivity index (χ1n) is 11.7. The van der Waals surface area contributed by atoms with Gasteiger partial charge in [0, 0.05) is 18.7 Å². The summed E-state index contributed by atoms with van der Waals surface area (Å²) < 4.78 is 29.1. The first kappa shape index (κ1) is 22.9. The van der Waals surface area contributed by atoms with Crippen LogP contribution in [0.2, 0.25) is 0 Å². The molecule has 5 fully saturated rings. The Labute approximate surface area is 201 Å². The summed E-state index contributed by atoms with van der Waals surface area (Å²) in [5, 5.41) is 11.2. The van der Waals surface area contributed by atoms with E-state index in [2.05, 4.69) is 0 Å². The summed E-state index contributed by atoms with van der Waals surface area (Å²) in [6.45, 7) is 0. The third-order valence-electron chi connectivity index (χ3n) is 8.16. The molecule has 2 aromatic carbocycles. The number of rotatable bonds is 7. The minimum Gasteiger partial charge on any atom is -0.395 e. The van der Waals surface area contributed by atoms with Crippen LogP contribution < -0.4 is 9.05 Å². The Bertz CT molecular complexity index is 1190. The fraction of sp³-hybridized carbons (Fsp3) is 0.500. The van der Waals surface area contributed by atoms with Crippen LogP contribution in [0.3, 0.4) is 0 Å². The molecule has 11 heteroatoms. The number of hydrogen-bond donors (Lipinski definition) is 1. The number of phosphoric ester groups is 1. The lowest BCUT2D eigenvalue weighted by molar-refractivity contribution is -0.645. The second-order valence-corrected chi connectivity index (χ2v) is 11.3. The zero-order valence-electron chi connectivity index (χ0n) is 19.1. The molecule has 4 saturated carbocycles. The van der Waals surface area contributed by atoms with E-state index >= 15 is 0 Å². The van der Waals surface area contributed by atoms with Gasteiger partial charge in [0.1, 0.15) is 5.75 Å². The van der Waals surface area contributed by atoms with Crippen molar-refractivity contribution in [3.05, 3.63) is 64.2 Å². The molecular formula is C24H26NO9P. The third kappa shape index (κ3) is 3.42. The number of hydrogen-bond acceptors (Lipinski definition) is 8. The standard InChI is InChI=1S/C24H26NO9P/c1-30-24(23(33-34-24)18-10-15-9-16(12-18)13-19(23)11-15)17-5-4-6-20(14-17)31-35(28,29)32-22-8-3-2-7-21(22)25(26)27/h2-8,14-16,18-19H,9-13H2,1H3,(H,28,29). The molecule has 1 heterocycles. The molecule has 1 aliphatic heterocycles. The molecule has 0 aromatic heterocycles. The molecule has 2 unspecified atom stereocenters. The summed E-state index contributed by atoms with van der Waals surface area (Å²) >= 11 is 0. The Hall–Kier alpha value is -2.49. The van der Waals surface area contributed by atoms with Gasteiger partial charge in [-0.1, -0.05) is 24.3 Å². The van der Waals surface area contributed by atoms with Crippen molar-refractivity contribution in [3.8, 4) is 11.5 Å². The lowest BCUT2D eigenvalue weighted by atomic mass is 9.47. The Morgan fingerprint density at radius 3 is 2.29 bits per heavy atom. The highest BCUT2D eigenvalue weighted by atomic mass is 31.2. The van der Waals surface area contributed by atoms with Crippen LogP contribution in [0.4, 0.5) is 5.69 Å². The van der Waals surface area contributed by atoms with E-state index in [-0.39, 0.29) is 11.5 Å². The molecule has 5 aliphatic rings. The molecule has 2 aromatic rings. The van der Waals surface area contributed by atoms with Crippen LogP contribution in [-0.2, 0) is 24.9 Å². The van der Waals surface area contributed by atoms with Crippen molar-refractivity contribution in [2.24, 2.45) is 23.7 Å². The smallest absolute Gasteiger partial charge is 0.395 e. The SMILES string of the molecule is COC1(c2cccc(OP(=O)(O)Oc3ccccc3[N+](=O)[O-])c2)OOC12C1CC3CC(C1)CC2C3. The quantitative estimate of drug-likeness (QED) is 0.237. The van der Waals surface area contributed by atoms with Crippen molar-refractivity contribution in [2.75, 3.05) is 7.11 Å². The summed E-state index contributed by atoms with van der Waals surface area (Å²) in [4.78, 5) is 32.6. The Morgan fingerprint density at radius 1 is 1.00 bits per heavy atom. The van der Waals surface area contributed by atoms with Crippen LogP contribution in [0.25, 0.3) is 0 Å². The molecule has 4 aliphatic carbocycles. The Morgan fingerprint density at radius 2 is 1.69 bits per heavy atom. The van der Waals surface area contributed by atoms with E-state index in [9.17, 15) is 19.6 Å². The van der Waals surface area contributed by atoms with Crippen LogP contribution in [-0.4, -0.2) is 22.5 Å². The second kappa shape index (κ2) is 8.01. The number of phosphoric acid groups is 1. The zero-order valence-corrected chi connectivity index (χ0v) is 20.0. The minimum absolute atomic E-state index is 0.0396. The molecular weight excluding hydrogens is 477 g/mol. The maximum Gasteiger partial charge on any atom is 0.585 e. The predicted molar refractivity (Wildman–Crippen MR) is 121 cm³/mol. The fourth-order valence-corrected chi connectivity index (χ4v) is 7.90. The van der Waals surface area contributed by atoms with Crippen LogP contribution in [0.5, 0.6) is 11.5 Å². The van der Waals surface area contributed by atoms with E-state index in [0.717, 1.165) is 37.5 Å². The first-order valence-corrected chi connectivity index (χ1v) is 13.2. The van der Waals surface area contributed by atoms with Gasteiger partial charge >= 0.3 is 13.5 Å². The van der Waals surface area contributed by atoms with Gasteiger partial charge in [-0.15, -0.1) is 0 Å². The largest absolute Gasteiger partial charge is 0.585 e. The highest BCUT2D eigenvalue weighted by Gasteiger charge is 2.76. The van der Waals surface area contributed by atoms with Crippen LogP contribution in [0, 0.1) is 33.8 Å². The molecule has 186 valence electrons. The van der Waals surface area contributed by atoms with E-state index in [1.54, 1.807) is 19.2 Å². The highest BCUT2D eigenvalue weighted by Crippen LogP contribution is 2.69. The number of nitrogens with zero attached hydrogens (tertiary/aromatic N) is 1. The molecule has 0 radical (unpaired) electrons. The van der Waals surface area contributed by atoms with Gasteiger partial charge in [-0.2, -0.15) is 4.89 Å². The average Bonchev–Trinajstić information content (AvgIpc) is 2.78. The van der Waals surface area contributed by atoms with Gasteiger partial charge in [0.05, 0.1) is 4.92 Å².